The van der Waals surface area contributed by atoms with Crippen LogP contribution in [-0.4, -0.2) is 15.0 Å². The molecule has 3 nitrogen and oxygen atoms in total. The van der Waals surface area contributed by atoms with Crippen molar-refractivity contribution in [3.05, 3.63) is 12.4 Å². The van der Waals surface area contributed by atoms with Gasteiger partial charge in [0, 0.05) is 12.7 Å². The molecule has 0 saturated carbocycles. The third-order valence-corrected chi connectivity index (χ3v) is 1.79. The average Bonchev–Trinajstić information content (AvgIpc) is 2.36. The predicted octanol–water partition coefficient (Wildman–Crippen LogP) is 2.10. The molecule has 0 fully saturated rings. The summed E-state index contributed by atoms with van der Waals surface area (Å²) in [5.74, 6) is 0. The fourth-order valence-corrected chi connectivity index (χ4v) is 1.12. The van der Waals surface area contributed by atoms with Gasteiger partial charge in [0.25, 0.3) is 0 Å². The molecule has 0 amide bonds. The van der Waals surface area contributed by atoms with E-state index in [9.17, 15) is 0 Å². The van der Waals surface area contributed by atoms with Gasteiger partial charge in [-0.05, 0) is 18.3 Å². The van der Waals surface area contributed by atoms with Gasteiger partial charge in [0.2, 0.25) is 0 Å². The Kier molecular flexibility index (Phi) is 2.84. The highest BCUT2D eigenvalue weighted by Crippen LogP contribution is 2.20. The van der Waals surface area contributed by atoms with Crippen molar-refractivity contribution in [2.45, 2.75) is 40.2 Å². The third-order valence-electron chi connectivity index (χ3n) is 1.79. The molecule has 1 aromatic heterocycles. The summed E-state index contributed by atoms with van der Waals surface area (Å²) in [7, 11) is 0. The second-order valence-electron chi connectivity index (χ2n) is 4.33. The molecule has 1 rings (SSSR count). The molecule has 68 valence electrons. The zero-order valence-electron chi connectivity index (χ0n) is 8.12. The zero-order chi connectivity index (χ0) is 9.03. The molecule has 0 aromatic carbocycles. The fourth-order valence-electron chi connectivity index (χ4n) is 1.12. The van der Waals surface area contributed by atoms with Crippen molar-refractivity contribution in [2.24, 2.45) is 5.41 Å². The van der Waals surface area contributed by atoms with Crippen LogP contribution in [0.5, 0.6) is 0 Å². The highest BCUT2D eigenvalue weighted by molar-refractivity contribution is 4.65. The lowest BCUT2D eigenvalue weighted by Gasteiger charge is -2.17. The van der Waals surface area contributed by atoms with Gasteiger partial charge in [-0.2, -0.15) is 0 Å². The number of aromatic nitrogens is 3. The molecule has 0 unspecified atom stereocenters. The molecular formula is C9H17N3. The molecule has 3 heteroatoms. The van der Waals surface area contributed by atoms with Crippen LogP contribution in [0.1, 0.15) is 33.6 Å². The average molecular weight is 167 g/mol. The largest absolute Gasteiger partial charge is 0.253 e. The van der Waals surface area contributed by atoms with Gasteiger partial charge in [-0.1, -0.05) is 26.0 Å². The lowest BCUT2D eigenvalue weighted by molar-refractivity contribution is 0.347. The van der Waals surface area contributed by atoms with Gasteiger partial charge < -0.3 is 0 Å². The van der Waals surface area contributed by atoms with E-state index < -0.39 is 0 Å². The van der Waals surface area contributed by atoms with E-state index in [2.05, 4.69) is 31.1 Å². The monoisotopic (exact) mass is 167 g/mol. The Morgan fingerprint density at radius 2 is 2.08 bits per heavy atom. The van der Waals surface area contributed by atoms with Gasteiger partial charge in [-0.15, -0.1) is 5.10 Å². The fraction of sp³-hybridized carbons (Fsp3) is 0.778. The van der Waals surface area contributed by atoms with Gasteiger partial charge in [0.1, 0.15) is 0 Å². The highest BCUT2D eigenvalue weighted by atomic mass is 15.4. The van der Waals surface area contributed by atoms with Crippen molar-refractivity contribution in [3.8, 4) is 0 Å². The van der Waals surface area contributed by atoms with Gasteiger partial charge >= 0.3 is 0 Å². The number of hydrogen-bond donors (Lipinski definition) is 0. The lowest BCUT2D eigenvalue weighted by Crippen LogP contribution is -2.07. The maximum absolute atomic E-state index is 3.90. The molecule has 0 bridgehead atoms. The minimum atomic E-state index is 0.431. The molecule has 1 heterocycles. The van der Waals surface area contributed by atoms with Crippen LogP contribution in [0, 0.1) is 5.41 Å². The zero-order valence-corrected chi connectivity index (χ0v) is 8.12. The summed E-state index contributed by atoms with van der Waals surface area (Å²) in [5.41, 5.74) is 0.431. The Morgan fingerprint density at radius 1 is 1.33 bits per heavy atom. The third kappa shape index (κ3) is 3.51. The molecule has 0 radical (unpaired) electrons. The van der Waals surface area contributed by atoms with Crippen LogP contribution < -0.4 is 0 Å². The number of aryl methyl sites for hydroxylation is 1. The standard InChI is InChI=1S/C9H17N3/c1-9(2,3)5-4-7-12-8-6-10-11-12/h6,8H,4-5,7H2,1-3H3. The van der Waals surface area contributed by atoms with E-state index in [-0.39, 0.29) is 0 Å². The minimum Gasteiger partial charge on any atom is -0.253 e. The van der Waals surface area contributed by atoms with E-state index in [0.717, 1.165) is 6.54 Å². The van der Waals surface area contributed by atoms with Crippen molar-refractivity contribution < 1.29 is 0 Å². The summed E-state index contributed by atoms with van der Waals surface area (Å²) < 4.78 is 1.88. The van der Waals surface area contributed by atoms with E-state index in [1.807, 2.05) is 10.9 Å². The number of hydrogen-bond acceptors (Lipinski definition) is 2. The highest BCUT2D eigenvalue weighted by Gasteiger charge is 2.08. The maximum Gasteiger partial charge on any atom is 0.0692 e. The van der Waals surface area contributed by atoms with Crippen molar-refractivity contribution in [3.63, 3.8) is 0 Å². The Labute approximate surface area is 73.8 Å². The minimum absolute atomic E-state index is 0.431. The second-order valence-corrected chi connectivity index (χ2v) is 4.33. The Morgan fingerprint density at radius 3 is 2.58 bits per heavy atom. The molecule has 0 saturated heterocycles. The van der Waals surface area contributed by atoms with Crippen LogP contribution in [-0.2, 0) is 6.54 Å². The lowest BCUT2D eigenvalue weighted by atomic mass is 9.91. The van der Waals surface area contributed by atoms with Gasteiger partial charge in [0.05, 0.1) is 6.20 Å². The van der Waals surface area contributed by atoms with E-state index in [1.54, 1.807) is 6.20 Å². The first-order chi connectivity index (χ1) is 5.58. The summed E-state index contributed by atoms with van der Waals surface area (Å²) >= 11 is 0. The first-order valence-corrected chi connectivity index (χ1v) is 4.42. The van der Waals surface area contributed by atoms with E-state index in [0.29, 0.717) is 5.41 Å². The summed E-state index contributed by atoms with van der Waals surface area (Å²) in [6.45, 7) is 7.76. The summed E-state index contributed by atoms with van der Waals surface area (Å²) in [6, 6.07) is 0. The topological polar surface area (TPSA) is 30.7 Å². The van der Waals surface area contributed by atoms with Crippen molar-refractivity contribution >= 4 is 0 Å². The normalized spacial score (nSPS) is 11.9. The van der Waals surface area contributed by atoms with E-state index in [1.165, 1.54) is 12.8 Å². The first kappa shape index (κ1) is 9.23. The van der Waals surface area contributed by atoms with Crippen LogP contribution in [0.25, 0.3) is 0 Å². The van der Waals surface area contributed by atoms with Crippen molar-refractivity contribution in [2.75, 3.05) is 0 Å². The van der Waals surface area contributed by atoms with E-state index in [4.69, 9.17) is 0 Å². The number of nitrogens with zero attached hydrogens (tertiary/aromatic N) is 3. The Balaban J connectivity index is 2.20. The summed E-state index contributed by atoms with van der Waals surface area (Å²) in [6.07, 6.45) is 6.03. The van der Waals surface area contributed by atoms with Crippen LogP contribution >= 0.6 is 0 Å². The molecular weight excluding hydrogens is 150 g/mol. The van der Waals surface area contributed by atoms with Crippen molar-refractivity contribution in [1.82, 2.24) is 15.0 Å². The quantitative estimate of drug-likeness (QED) is 0.690. The maximum atomic E-state index is 3.90. The molecule has 0 N–H and O–H groups in total. The van der Waals surface area contributed by atoms with Crippen LogP contribution in [0.2, 0.25) is 0 Å². The molecule has 0 aliphatic rings. The van der Waals surface area contributed by atoms with Crippen molar-refractivity contribution in [1.29, 1.82) is 0 Å². The SMILES string of the molecule is CC(C)(C)CCCn1ccnn1. The first-order valence-electron chi connectivity index (χ1n) is 4.42. The van der Waals surface area contributed by atoms with Crippen LogP contribution in [0.4, 0.5) is 0 Å². The molecule has 1 aromatic rings. The molecule has 0 aliphatic heterocycles. The van der Waals surface area contributed by atoms with Gasteiger partial charge in [0.15, 0.2) is 0 Å². The van der Waals surface area contributed by atoms with Gasteiger partial charge in [-0.3, -0.25) is 4.68 Å². The molecule has 0 aliphatic carbocycles. The van der Waals surface area contributed by atoms with Crippen LogP contribution in [0.15, 0.2) is 12.4 Å². The van der Waals surface area contributed by atoms with Gasteiger partial charge in [-0.25, -0.2) is 0 Å². The van der Waals surface area contributed by atoms with Crippen LogP contribution in [0.3, 0.4) is 0 Å². The smallest absolute Gasteiger partial charge is 0.0692 e. The Hall–Kier alpha value is -0.860. The second kappa shape index (κ2) is 3.70. The Bertz CT molecular complexity index is 208. The molecule has 0 spiro atoms. The number of rotatable bonds is 3. The summed E-state index contributed by atoms with van der Waals surface area (Å²) in [4.78, 5) is 0. The molecule has 0 atom stereocenters. The van der Waals surface area contributed by atoms with E-state index >= 15 is 0 Å². The molecule has 12 heavy (non-hydrogen) atoms. The summed E-state index contributed by atoms with van der Waals surface area (Å²) in [5, 5.41) is 7.65. The predicted molar refractivity (Wildman–Crippen MR) is 48.7 cm³/mol.